The summed E-state index contributed by atoms with van der Waals surface area (Å²) >= 11 is 7.75. The van der Waals surface area contributed by atoms with E-state index in [9.17, 15) is 9.50 Å². The van der Waals surface area contributed by atoms with Crippen LogP contribution in [0.2, 0.25) is 5.02 Å². The maximum absolute atomic E-state index is 14.0. The minimum Gasteiger partial charge on any atom is -0.492 e. The molecule has 1 N–H and O–H groups in total. The molecule has 0 aliphatic heterocycles. The molecule has 6 heteroatoms. The lowest BCUT2D eigenvalue weighted by Gasteiger charge is -2.22. The number of ether oxygens (including phenoxy) is 1. The molecule has 0 fully saturated rings. The van der Waals surface area contributed by atoms with Crippen LogP contribution in [0.1, 0.15) is 11.1 Å². The van der Waals surface area contributed by atoms with E-state index in [4.69, 9.17) is 16.3 Å². The Morgan fingerprint density at radius 3 is 2.38 bits per heavy atom. The van der Waals surface area contributed by atoms with Crippen molar-refractivity contribution in [3.8, 4) is 5.75 Å². The third-order valence-corrected chi connectivity index (χ3v) is 4.67. The van der Waals surface area contributed by atoms with Crippen LogP contribution in [0.5, 0.6) is 5.75 Å². The summed E-state index contributed by atoms with van der Waals surface area (Å²) in [5.74, 6) is -0.421. The van der Waals surface area contributed by atoms with E-state index < -0.39 is 5.82 Å². The van der Waals surface area contributed by atoms with E-state index in [1.165, 1.54) is 18.1 Å². The van der Waals surface area contributed by atoms with Crippen molar-refractivity contribution >= 4 is 23.4 Å². The van der Waals surface area contributed by atoms with Gasteiger partial charge in [0.2, 0.25) is 0 Å². The van der Waals surface area contributed by atoms with Gasteiger partial charge < -0.3 is 9.84 Å². The van der Waals surface area contributed by atoms with Crippen molar-refractivity contribution in [3.05, 3.63) is 58.4 Å². The van der Waals surface area contributed by atoms with Crippen molar-refractivity contribution in [2.75, 3.05) is 26.5 Å². The van der Waals surface area contributed by atoms with Gasteiger partial charge in [-0.05, 0) is 41.6 Å². The molecule has 0 heterocycles. The average Bonchev–Trinajstić information content (AvgIpc) is 2.55. The summed E-state index contributed by atoms with van der Waals surface area (Å²) in [4.78, 5) is 3.25. The van der Waals surface area contributed by atoms with Crippen molar-refractivity contribution in [2.45, 2.75) is 18.0 Å². The lowest BCUT2D eigenvalue weighted by molar-refractivity contribution is 0.184. The molecule has 3 nitrogen and oxygen atoms in total. The van der Waals surface area contributed by atoms with Crippen molar-refractivity contribution in [2.24, 2.45) is 0 Å². The smallest absolute Gasteiger partial charge is 0.173 e. The number of halogens is 2. The van der Waals surface area contributed by atoms with Gasteiger partial charge in [0.05, 0.1) is 18.7 Å². The molecule has 0 saturated carbocycles. The van der Waals surface area contributed by atoms with Crippen LogP contribution in [-0.4, -0.2) is 36.5 Å². The number of hydrogen-bond acceptors (Lipinski definition) is 4. The van der Waals surface area contributed by atoms with Gasteiger partial charge >= 0.3 is 0 Å². The number of benzene rings is 2. The van der Waals surface area contributed by atoms with Crippen LogP contribution in [0.3, 0.4) is 0 Å². The highest BCUT2D eigenvalue weighted by Gasteiger charge is 2.13. The molecule has 0 saturated heterocycles. The van der Waals surface area contributed by atoms with Crippen molar-refractivity contribution in [3.63, 3.8) is 0 Å². The molecule has 0 aliphatic carbocycles. The monoisotopic (exact) mass is 369 g/mol. The zero-order chi connectivity index (χ0) is 17.5. The van der Waals surface area contributed by atoms with E-state index >= 15 is 0 Å². The van der Waals surface area contributed by atoms with Crippen LogP contribution in [0.25, 0.3) is 0 Å². The zero-order valence-electron chi connectivity index (χ0n) is 13.8. The van der Waals surface area contributed by atoms with E-state index in [0.29, 0.717) is 19.6 Å². The molecule has 0 unspecified atom stereocenters. The predicted molar refractivity (Wildman–Crippen MR) is 97.4 cm³/mol. The molecule has 2 aromatic rings. The highest BCUT2D eigenvalue weighted by molar-refractivity contribution is 7.98. The highest BCUT2D eigenvalue weighted by Crippen LogP contribution is 2.29. The maximum Gasteiger partial charge on any atom is 0.173 e. The van der Waals surface area contributed by atoms with Gasteiger partial charge in [-0.1, -0.05) is 23.7 Å². The maximum atomic E-state index is 14.0. The first kappa shape index (κ1) is 19.1. The third-order valence-electron chi connectivity index (χ3n) is 3.65. The van der Waals surface area contributed by atoms with Gasteiger partial charge in [-0.25, -0.2) is 4.39 Å². The summed E-state index contributed by atoms with van der Waals surface area (Å²) in [6.07, 6.45) is 2.04. The van der Waals surface area contributed by atoms with E-state index in [-0.39, 0.29) is 17.4 Å². The fourth-order valence-corrected chi connectivity index (χ4v) is 3.22. The van der Waals surface area contributed by atoms with Gasteiger partial charge in [-0.3, -0.25) is 4.90 Å². The molecule has 0 aliphatic rings. The summed E-state index contributed by atoms with van der Waals surface area (Å²) in [6, 6.07) is 11.4. The largest absolute Gasteiger partial charge is 0.492 e. The van der Waals surface area contributed by atoms with Crippen LogP contribution in [-0.2, 0) is 13.1 Å². The van der Waals surface area contributed by atoms with Crippen LogP contribution >= 0.6 is 23.4 Å². The highest BCUT2D eigenvalue weighted by atomic mass is 35.5. The Hall–Kier alpha value is -1.27. The number of aliphatic hydroxyl groups excluding tert-OH is 1. The van der Waals surface area contributed by atoms with Gasteiger partial charge in [0.15, 0.2) is 11.6 Å². The topological polar surface area (TPSA) is 32.7 Å². The zero-order valence-corrected chi connectivity index (χ0v) is 15.3. The number of nitrogens with zero attached hydrogens (tertiary/aromatic N) is 1. The summed E-state index contributed by atoms with van der Waals surface area (Å²) in [6.45, 7) is 1.69. The molecular formula is C18H21ClFNO2S. The lowest BCUT2D eigenvalue weighted by Crippen LogP contribution is -2.26. The molecule has 0 atom stereocenters. The van der Waals surface area contributed by atoms with Gasteiger partial charge in [-0.2, -0.15) is 0 Å². The summed E-state index contributed by atoms with van der Waals surface area (Å²) < 4.78 is 18.9. The second-order valence-electron chi connectivity index (χ2n) is 5.38. The van der Waals surface area contributed by atoms with Crippen LogP contribution in [0.4, 0.5) is 4.39 Å². The molecule has 0 amide bonds. The summed E-state index contributed by atoms with van der Waals surface area (Å²) in [7, 11) is 1.39. The van der Waals surface area contributed by atoms with Crippen LogP contribution < -0.4 is 4.74 Å². The number of hydrogen-bond donors (Lipinski definition) is 1. The van der Waals surface area contributed by atoms with E-state index in [1.807, 2.05) is 11.2 Å². The number of rotatable bonds is 8. The second-order valence-corrected chi connectivity index (χ2v) is 6.66. The Labute approximate surface area is 151 Å². The fourth-order valence-electron chi connectivity index (χ4n) is 2.50. The summed E-state index contributed by atoms with van der Waals surface area (Å²) in [5, 5.41) is 9.55. The van der Waals surface area contributed by atoms with Crippen molar-refractivity contribution in [1.82, 2.24) is 4.90 Å². The Morgan fingerprint density at radius 1 is 1.17 bits per heavy atom. The molecule has 0 aromatic heterocycles. The normalized spacial score (nSPS) is 11.1. The average molecular weight is 370 g/mol. The quantitative estimate of drug-likeness (QED) is 0.707. The molecule has 0 spiro atoms. The molecule has 0 bridgehead atoms. The standard InChI is InChI=1S/C18H21ClFNO2S/c1-23-18-16(19)9-14(10-17(18)20)12-21(7-8-22)11-13-3-5-15(24-2)6-4-13/h3-6,9-10,22H,7-8,11-12H2,1-2H3. The number of aliphatic hydroxyl groups is 1. The van der Waals surface area contributed by atoms with Gasteiger partial charge in [0.25, 0.3) is 0 Å². The third kappa shape index (κ3) is 5.11. The van der Waals surface area contributed by atoms with Gasteiger partial charge in [-0.15, -0.1) is 11.8 Å². The first-order chi connectivity index (χ1) is 11.6. The number of thioether (sulfide) groups is 1. The molecule has 24 heavy (non-hydrogen) atoms. The summed E-state index contributed by atoms with van der Waals surface area (Å²) in [5.41, 5.74) is 1.88. The lowest BCUT2D eigenvalue weighted by atomic mass is 10.1. The first-order valence-electron chi connectivity index (χ1n) is 7.55. The van der Waals surface area contributed by atoms with E-state index in [1.54, 1.807) is 17.8 Å². The van der Waals surface area contributed by atoms with E-state index in [2.05, 4.69) is 24.3 Å². The fraction of sp³-hybridized carbons (Fsp3) is 0.333. The van der Waals surface area contributed by atoms with Gasteiger partial charge in [0.1, 0.15) is 0 Å². The molecular weight excluding hydrogens is 349 g/mol. The van der Waals surface area contributed by atoms with E-state index in [0.717, 1.165) is 11.1 Å². The molecule has 130 valence electrons. The molecule has 0 radical (unpaired) electrons. The van der Waals surface area contributed by atoms with Crippen molar-refractivity contribution < 1.29 is 14.2 Å². The molecule has 2 rings (SSSR count). The Bertz CT molecular complexity index is 644. The van der Waals surface area contributed by atoms with Gasteiger partial charge in [0, 0.05) is 24.5 Å². The van der Waals surface area contributed by atoms with Crippen LogP contribution in [0, 0.1) is 5.82 Å². The Balaban J connectivity index is 2.12. The predicted octanol–water partition coefficient (Wildman–Crippen LogP) is 4.20. The minimum absolute atomic E-state index is 0.0370. The number of methoxy groups -OCH3 is 1. The minimum atomic E-state index is -0.478. The van der Waals surface area contributed by atoms with Crippen molar-refractivity contribution in [1.29, 1.82) is 0 Å². The molecule has 2 aromatic carbocycles. The Morgan fingerprint density at radius 2 is 1.83 bits per heavy atom. The SMILES string of the molecule is COc1c(F)cc(CN(CCO)Cc2ccc(SC)cc2)cc1Cl. The van der Waals surface area contributed by atoms with Crippen LogP contribution in [0.15, 0.2) is 41.3 Å². The second kappa shape index (κ2) is 9.28. The first-order valence-corrected chi connectivity index (χ1v) is 9.15. The Kier molecular flexibility index (Phi) is 7.37.